The van der Waals surface area contributed by atoms with Crippen molar-refractivity contribution in [2.75, 3.05) is 12.4 Å². The Morgan fingerprint density at radius 3 is 2.92 bits per heavy atom. The highest BCUT2D eigenvalue weighted by Crippen LogP contribution is 2.28. The summed E-state index contributed by atoms with van der Waals surface area (Å²) >= 11 is 5.99. The molecule has 0 saturated heterocycles. The number of amides is 1. The van der Waals surface area contributed by atoms with Gasteiger partial charge in [-0.1, -0.05) is 11.6 Å². The highest BCUT2D eigenvalue weighted by molar-refractivity contribution is 6.31. The lowest BCUT2D eigenvalue weighted by molar-refractivity contribution is -0.115. The summed E-state index contributed by atoms with van der Waals surface area (Å²) in [5.41, 5.74) is 2.93. The molecule has 8 heteroatoms. The number of ether oxygens (including phenoxy) is 1. The zero-order valence-electron chi connectivity index (χ0n) is 13.5. The van der Waals surface area contributed by atoms with Crippen LogP contribution in [0.3, 0.4) is 0 Å². The van der Waals surface area contributed by atoms with Crippen LogP contribution in [0.1, 0.15) is 17.0 Å². The number of carbonyl (C=O) groups excluding carboxylic acids is 1. The van der Waals surface area contributed by atoms with Crippen LogP contribution in [0.15, 0.2) is 24.5 Å². The van der Waals surface area contributed by atoms with Gasteiger partial charge in [0, 0.05) is 22.0 Å². The van der Waals surface area contributed by atoms with E-state index in [1.165, 1.54) is 13.4 Å². The van der Waals surface area contributed by atoms with E-state index in [1.807, 2.05) is 13.8 Å². The number of benzene rings is 1. The molecule has 0 fully saturated rings. The number of halogens is 1. The molecule has 0 aliphatic rings. The maximum absolute atomic E-state index is 12.5. The molecule has 2 heterocycles. The van der Waals surface area contributed by atoms with Crippen molar-refractivity contribution in [1.82, 2.24) is 19.6 Å². The Balaban J connectivity index is 1.87. The Labute approximate surface area is 143 Å². The molecule has 3 aromatic rings. The minimum absolute atomic E-state index is 0.163. The van der Waals surface area contributed by atoms with Crippen LogP contribution in [0.4, 0.5) is 5.69 Å². The third-order valence-corrected chi connectivity index (χ3v) is 4.00. The second-order valence-electron chi connectivity index (χ2n) is 5.30. The predicted molar refractivity (Wildman–Crippen MR) is 90.6 cm³/mol. The third kappa shape index (κ3) is 3.03. The summed E-state index contributed by atoms with van der Waals surface area (Å²) in [6, 6.07) is 5.06. The number of methoxy groups -OCH3 is 1. The van der Waals surface area contributed by atoms with Crippen molar-refractivity contribution < 1.29 is 9.53 Å². The predicted octanol–water partition coefficient (Wildman–Crippen LogP) is 2.58. The van der Waals surface area contributed by atoms with Gasteiger partial charge in [0.25, 0.3) is 5.78 Å². The van der Waals surface area contributed by atoms with Gasteiger partial charge in [0.15, 0.2) is 0 Å². The van der Waals surface area contributed by atoms with Crippen molar-refractivity contribution in [3.8, 4) is 5.75 Å². The molecule has 0 radical (unpaired) electrons. The van der Waals surface area contributed by atoms with Gasteiger partial charge >= 0.3 is 0 Å². The van der Waals surface area contributed by atoms with E-state index in [2.05, 4.69) is 20.4 Å². The number of hydrogen-bond donors (Lipinski definition) is 1. The van der Waals surface area contributed by atoms with Crippen molar-refractivity contribution >= 4 is 29.0 Å². The lowest BCUT2D eigenvalue weighted by atomic mass is 10.1. The quantitative estimate of drug-likeness (QED) is 0.786. The highest BCUT2D eigenvalue weighted by Gasteiger charge is 2.15. The van der Waals surface area contributed by atoms with E-state index in [0.717, 1.165) is 17.0 Å². The lowest BCUT2D eigenvalue weighted by Gasteiger charge is -2.13. The molecule has 0 aliphatic carbocycles. The van der Waals surface area contributed by atoms with E-state index >= 15 is 0 Å². The Morgan fingerprint density at radius 1 is 1.38 bits per heavy atom. The minimum atomic E-state index is -0.192. The van der Waals surface area contributed by atoms with Gasteiger partial charge in [-0.15, -0.1) is 0 Å². The number of fused-ring (bicyclic) bond motifs is 1. The standard InChI is InChI=1S/C16H16ClN5O2/c1-9-12(10(2)22-16(20-9)18-8-19-22)7-15(23)21-13-6-11(17)4-5-14(13)24-3/h4-6,8H,7H2,1-3H3,(H,21,23). The molecule has 1 amide bonds. The molecule has 1 aromatic carbocycles. The van der Waals surface area contributed by atoms with Gasteiger partial charge in [-0.05, 0) is 32.0 Å². The molecule has 0 spiro atoms. The zero-order valence-corrected chi connectivity index (χ0v) is 14.3. The largest absolute Gasteiger partial charge is 0.495 e. The van der Waals surface area contributed by atoms with Crippen molar-refractivity contribution in [1.29, 1.82) is 0 Å². The zero-order chi connectivity index (χ0) is 17.3. The van der Waals surface area contributed by atoms with E-state index in [-0.39, 0.29) is 12.3 Å². The molecular formula is C16H16ClN5O2. The number of nitrogens with zero attached hydrogens (tertiary/aromatic N) is 4. The number of rotatable bonds is 4. The molecule has 24 heavy (non-hydrogen) atoms. The van der Waals surface area contributed by atoms with Crippen LogP contribution < -0.4 is 10.1 Å². The van der Waals surface area contributed by atoms with E-state index in [0.29, 0.717) is 22.2 Å². The van der Waals surface area contributed by atoms with Gasteiger partial charge in [0.05, 0.1) is 19.2 Å². The first-order chi connectivity index (χ1) is 11.5. The van der Waals surface area contributed by atoms with Crippen LogP contribution in [0.25, 0.3) is 5.78 Å². The van der Waals surface area contributed by atoms with Crippen molar-refractivity contribution in [3.63, 3.8) is 0 Å². The maximum Gasteiger partial charge on any atom is 0.252 e. The summed E-state index contributed by atoms with van der Waals surface area (Å²) in [5, 5.41) is 7.47. The highest BCUT2D eigenvalue weighted by atomic mass is 35.5. The van der Waals surface area contributed by atoms with Crippen molar-refractivity contribution in [2.45, 2.75) is 20.3 Å². The Morgan fingerprint density at radius 2 is 2.17 bits per heavy atom. The molecule has 0 atom stereocenters. The molecule has 7 nitrogen and oxygen atoms in total. The number of aromatic nitrogens is 4. The second-order valence-corrected chi connectivity index (χ2v) is 5.74. The van der Waals surface area contributed by atoms with Gasteiger partial charge in [0.1, 0.15) is 12.1 Å². The molecule has 0 saturated carbocycles. The number of carbonyl (C=O) groups is 1. The smallest absolute Gasteiger partial charge is 0.252 e. The average Bonchev–Trinajstić information content (AvgIpc) is 3.00. The van der Waals surface area contributed by atoms with Gasteiger partial charge in [-0.2, -0.15) is 10.1 Å². The molecule has 3 rings (SSSR count). The van der Waals surface area contributed by atoms with E-state index in [4.69, 9.17) is 16.3 Å². The first-order valence-corrected chi connectivity index (χ1v) is 7.66. The van der Waals surface area contributed by atoms with Gasteiger partial charge < -0.3 is 10.1 Å². The van der Waals surface area contributed by atoms with E-state index < -0.39 is 0 Å². The van der Waals surface area contributed by atoms with E-state index in [1.54, 1.807) is 22.7 Å². The van der Waals surface area contributed by atoms with Gasteiger partial charge in [0.2, 0.25) is 5.91 Å². The molecule has 1 N–H and O–H groups in total. The fourth-order valence-electron chi connectivity index (χ4n) is 2.54. The van der Waals surface area contributed by atoms with Gasteiger partial charge in [-0.25, -0.2) is 9.50 Å². The normalized spacial score (nSPS) is 10.8. The Hall–Kier alpha value is -2.67. The molecule has 2 aromatic heterocycles. The van der Waals surface area contributed by atoms with Crippen LogP contribution in [-0.2, 0) is 11.2 Å². The molecule has 0 unspecified atom stereocenters. The second kappa shape index (κ2) is 6.45. The summed E-state index contributed by atoms with van der Waals surface area (Å²) in [7, 11) is 1.54. The Kier molecular flexibility index (Phi) is 4.35. The van der Waals surface area contributed by atoms with E-state index in [9.17, 15) is 4.79 Å². The number of aryl methyl sites for hydroxylation is 2. The average molecular weight is 346 g/mol. The summed E-state index contributed by atoms with van der Waals surface area (Å²) in [6.07, 6.45) is 1.60. The molecule has 0 aliphatic heterocycles. The minimum Gasteiger partial charge on any atom is -0.495 e. The fraction of sp³-hybridized carbons (Fsp3) is 0.250. The summed E-state index contributed by atoms with van der Waals surface area (Å²) in [6.45, 7) is 3.74. The first kappa shape index (κ1) is 16.2. The maximum atomic E-state index is 12.5. The molecule has 124 valence electrons. The van der Waals surface area contributed by atoms with Crippen LogP contribution >= 0.6 is 11.6 Å². The summed E-state index contributed by atoms with van der Waals surface area (Å²) in [5.74, 6) is 0.875. The van der Waals surface area contributed by atoms with Gasteiger partial charge in [-0.3, -0.25) is 4.79 Å². The topological polar surface area (TPSA) is 81.4 Å². The third-order valence-electron chi connectivity index (χ3n) is 3.76. The summed E-state index contributed by atoms with van der Waals surface area (Å²) < 4.78 is 6.86. The van der Waals surface area contributed by atoms with Crippen LogP contribution in [0, 0.1) is 13.8 Å². The monoisotopic (exact) mass is 345 g/mol. The van der Waals surface area contributed by atoms with Crippen molar-refractivity contribution in [3.05, 3.63) is 46.5 Å². The van der Waals surface area contributed by atoms with Crippen LogP contribution in [0.5, 0.6) is 5.75 Å². The fourth-order valence-corrected chi connectivity index (χ4v) is 2.72. The SMILES string of the molecule is COc1ccc(Cl)cc1NC(=O)Cc1c(C)nc2ncnn2c1C. The number of anilines is 1. The molecular weight excluding hydrogens is 330 g/mol. The lowest BCUT2D eigenvalue weighted by Crippen LogP contribution is -2.18. The Bertz CT molecular complexity index is 922. The number of hydrogen-bond acceptors (Lipinski definition) is 5. The number of nitrogens with one attached hydrogen (secondary N) is 1. The van der Waals surface area contributed by atoms with Crippen LogP contribution in [0.2, 0.25) is 5.02 Å². The van der Waals surface area contributed by atoms with Crippen LogP contribution in [-0.4, -0.2) is 32.6 Å². The first-order valence-electron chi connectivity index (χ1n) is 7.29. The van der Waals surface area contributed by atoms with Crippen molar-refractivity contribution in [2.24, 2.45) is 0 Å². The molecule has 0 bridgehead atoms. The summed E-state index contributed by atoms with van der Waals surface area (Å²) in [4.78, 5) is 20.9.